The van der Waals surface area contributed by atoms with E-state index in [1.54, 1.807) is 24.2 Å². The molecule has 4 heterocycles. The van der Waals surface area contributed by atoms with Gasteiger partial charge in [-0.1, -0.05) is 18.7 Å². The molecule has 1 aromatic heterocycles. The van der Waals surface area contributed by atoms with Gasteiger partial charge in [0.1, 0.15) is 5.37 Å². The van der Waals surface area contributed by atoms with Gasteiger partial charge >= 0.3 is 5.97 Å². The van der Waals surface area contributed by atoms with Gasteiger partial charge in [0.25, 0.3) is 0 Å². The maximum absolute atomic E-state index is 12.4. The molecule has 2 fully saturated rings. The summed E-state index contributed by atoms with van der Waals surface area (Å²) in [7, 11) is 0. The van der Waals surface area contributed by atoms with Gasteiger partial charge in [0.2, 0.25) is 5.91 Å². The number of amides is 1. The van der Waals surface area contributed by atoms with Crippen LogP contribution in [0.5, 0.6) is 0 Å². The molecule has 2 saturated heterocycles. The molecule has 0 spiro atoms. The molecule has 7 nitrogen and oxygen atoms in total. The molecule has 1 amide bonds. The fraction of sp³-hybridized carbons (Fsp3) is 0.500. The predicted molar refractivity (Wildman–Crippen MR) is 105 cm³/mol. The van der Waals surface area contributed by atoms with E-state index < -0.39 is 18.0 Å². The SMILES string of the molecule is CCC(O)C1C(=O)N2C(C(=O)O)=C(SC3CCN(c4ccncc4)C3)SC12. The van der Waals surface area contributed by atoms with Crippen molar-refractivity contribution < 1.29 is 19.8 Å². The highest BCUT2D eigenvalue weighted by molar-refractivity contribution is 8.23. The van der Waals surface area contributed by atoms with E-state index in [1.807, 2.05) is 19.1 Å². The minimum absolute atomic E-state index is 0.0851. The predicted octanol–water partition coefficient (Wildman–Crippen LogP) is 1.95. The van der Waals surface area contributed by atoms with Crippen LogP contribution in [0.25, 0.3) is 0 Å². The van der Waals surface area contributed by atoms with Gasteiger partial charge in [0.05, 0.1) is 16.3 Å². The number of carboxylic acid groups (broad SMARTS) is 1. The summed E-state index contributed by atoms with van der Waals surface area (Å²) in [6.45, 7) is 3.56. The Morgan fingerprint density at radius 1 is 1.44 bits per heavy atom. The maximum atomic E-state index is 12.4. The van der Waals surface area contributed by atoms with Gasteiger partial charge in [-0.05, 0) is 25.0 Å². The summed E-state index contributed by atoms with van der Waals surface area (Å²) in [6, 6.07) is 3.95. The molecular formula is C18H21N3O4S2. The lowest BCUT2D eigenvalue weighted by atomic mass is 9.90. The van der Waals surface area contributed by atoms with Crippen molar-refractivity contribution >= 4 is 41.1 Å². The van der Waals surface area contributed by atoms with Crippen LogP contribution in [0.1, 0.15) is 19.8 Å². The number of fused-ring (bicyclic) bond motifs is 1. The number of carbonyl (C=O) groups excluding carboxylic acids is 1. The molecule has 144 valence electrons. The molecule has 0 bridgehead atoms. The van der Waals surface area contributed by atoms with Gasteiger partial charge in [0, 0.05) is 36.4 Å². The zero-order chi connectivity index (χ0) is 19.1. The number of rotatable bonds is 6. The Morgan fingerprint density at radius 2 is 2.19 bits per heavy atom. The summed E-state index contributed by atoms with van der Waals surface area (Å²) >= 11 is 2.96. The highest BCUT2D eigenvalue weighted by Crippen LogP contribution is 2.55. The highest BCUT2D eigenvalue weighted by Gasteiger charge is 2.58. The maximum Gasteiger partial charge on any atom is 0.354 e. The summed E-state index contributed by atoms with van der Waals surface area (Å²) in [5, 5.41) is 19.7. The number of hydrogen-bond acceptors (Lipinski definition) is 7. The van der Waals surface area contributed by atoms with Gasteiger partial charge in [-0.25, -0.2) is 4.79 Å². The quantitative estimate of drug-likeness (QED) is 0.691. The molecule has 4 unspecified atom stereocenters. The first-order valence-corrected chi connectivity index (χ1v) is 10.7. The van der Waals surface area contributed by atoms with E-state index in [9.17, 15) is 19.8 Å². The standard InChI is InChI=1S/C18H21N3O4S2/c1-2-12(22)13-15(23)21-14(17(24)25)18(27-16(13)21)26-11-5-8-20(9-11)10-3-6-19-7-4-10/h3-4,6-7,11-13,16,22H,2,5,8-9H2,1H3,(H,24,25). The van der Waals surface area contributed by atoms with Gasteiger partial charge in [-0.3, -0.25) is 14.7 Å². The second-order valence-corrected chi connectivity index (χ2v) is 9.54. The van der Waals surface area contributed by atoms with Crippen molar-refractivity contribution in [2.24, 2.45) is 5.92 Å². The third kappa shape index (κ3) is 3.21. The van der Waals surface area contributed by atoms with Crippen molar-refractivity contribution in [2.45, 2.75) is 36.5 Å². The summed E-state index contributed by atoms with van der Waals surface area (Å²) in [4.78, 5) is 31.9. The van der Waals surface area contributed by atoms with Crippen LogP contribution in [0.3, 0.4) is 0 Å². The number of thioether (sulfide) groups is 2. The van der Waals surface area contributed by atoms with E-state index in [1.165, 1.54) is 16.7 Å². The Hall–Kier alpha value is -1.71. The average molecular weight is 408 g/mol. The van der Waals surface area contributed by atoms with E-state index in [0.717, 1.165) is 25.2 Å². The number of aromatic nitrogens is 1. The first kappa shape index (κ1) is 18.6. The number of aliphatic hydroxyl groups is 1. The lowest BCUT2D eigenvalue weighted by Gasteiger charge is -2.44. The molecule has 0 aromatic carbocycles. The zero-order valence-corrected chi connectivity index (χ0v) is 16.4. The Labute approximate surface area is 165 Å². The Morgan fingerprint density at radius 3 is 2.85 bits per heavy atom. The summed E-state index contributed by atoms with van der Waals surface area (Å²) in [5.74, 6) is -1.86. The molecule has 4 rings (SSSR count). The van der Waals surface area contributed by atoms with Gasteiger partial charge in [-0.15, -0.1) is 11.8 Å². The highest BCUT2D eigenvalue weighted by atomic mass is 32.2. The van der Waals surface area contributed by atoms with Crippen LogP contribution in [0.4, 0.5) is 5.69 Å². The van der Waals surface area contributed by atoms with Crippen molar-refractivity contribution in [3.05, 3.63) is 34.5 Å². The lowest BCUT2D eigenvalue weighted by Crippen LogP contribution is -2.61. The van der Waals surface area contributed by atoms with Gasteiger partial charge < -0.3 is 15.1 Å². The van der Waals surface area contributed by atoms with Crippen LogP contribution in [-0.2, 0) is 9.59 Å². The molecular weight excluding hydrogens is 386 g/mol. The molecule has 1 aromatic rings. The first-order valence-electron chi connectivity index (χ1n) is 8.98. The Bertz CT molecular complexity index is 788. The van der Waals surface area contributed by atoms with Crippen LogP contribution >= 0.6 is 23.5 Å². The summed E-state index contributed by atoms with van der Waals surface area (Å²) in [5.41, 5.74) is 1.20. The number of aliphatic carboxylic acids is 1. The zero-order valence-electron chi connectivity index (χ0n) is 14.8. The van der Waals surface area contributed by atoms with Gasteiger partial charge in [-0.2, -0.15) is 0 Å². The van der Waals surface area contributed by atoms with E-state index >= 15 is 0 Å². The monoisotopic (exact) mass is 407 g/mol. The normalized spacial score (nSPS) is 28.4. The minimum Gasteiger partial charge on any atom is -0.477 e. The number of anilines is 1. The molecule has 4 atom stereocenters. The molecule has 2 N–H and O–H groups in total. The Balaban J connectivity index is 1.47. The van der Waals surface area contributed by atoms with Crippen molar-refractivity contribution in [1.29, 1.82) is 0 Å². The number of nitrogens with zero attached hydrogens (tertiary/aromatic N) is 3. The van der Waals surface area contributed by atoms with Crippen LogP contribution in [-0.4, -0.2) is 61.8 Å². The van der Waals surface area contributed by atoms with E-state index in [-0.39, 0.29) is 22.2 Å². The second kappa shape index (κ2) is 7.37. The molecule has 0 saturated carbocycles. The average Bonchev–Trinajstić information content (AvgIpc) is 3.25. The fourth-order valence-corrected chi connectivity index (χ4v) is 7.04. The van der Waals surface area contributed by atoms with E-state index in [0.29, 0.717) is 10.7 Å². The molecule has 27 heavy (non-hydrogen) atoms. The molecule has 9 heteroatoms. The molecule has 0 aliphatic carbocycles. The molecule has 0 radical (unpaired) electrons. The Kier molecular flexibility index (Phi) is 5.09. The number of aliphatic hydroxyl groups excluding tert-OH is 1. The number of β-lactam (4-membered cyclic amide) rings is 1. The first-order chi connectivity index (χ1) is 13.0. The second-order valence-electron chi connectivity index (χ2n) is 6.84. The third-order valence-electron chi connectivity index (χ3n) is 5.23. The summed E-state index contributed by atoms with van der Waals surface area (Å²) < 4.78 is 0.688. The van der Waals surface area contributed by atoms with E-state index in [4.69, 9.17) is 0 Å². The number of carboxylic acids is 1. The van der Waals surface area contributed by atoms with Crippen molar-refractivity contribution in [3.8, 4) is 0 Å². The largest absolute Gasteiger partial charge is 0.477 e. The molecule has 3 aliphatic heterocycles. The number of pyridine rings is 1. The fourth-order valence-electron chi connectivity index (χ4n) is 3.76. The summed E-state index contributed by atoms with van der Waals surface area (Å²) in [6.07, 6.45) is 4.24. The molecule has 3 aliphatic rings. The van der Waals surface area contributed by atoms with E-state index in [2.05, 4.69) is 9.88 Å². The lowest BCUT2D eigenvalue weighted by molar-refractivity contribution is -0.157. The topological polar surface area (TPSA) is 94.0 Å². The number of hydrogen-bond donors (Lipinski definition) is 2. The van der Waals surface area contributed by atoms with Crippen LogP contribution in [0, 0.1) is 5.92 Å². The minimum atomic E-state index is -1.07. The van der Waals surface area contributed by atoms with Gasteiger partial charge in [0.15, 0.2) is 5.70 Å². The van der Waals surface area contributed by atoms with Crippen LogP contribution < -0.4 is 4.90 Å². The van der Waals surface area contributed by atoms with Crippen molar-refractivity contribution in [1.82, 2.24) is 9.88 Å². The smallest absolute Gasteiger partial charge is 0.354 e. The van der Waals surface area contributed by atoms with Crippen molar-refractivity contribution in [3.63, 3.8) is 0 Å². The third-order valence-corrected chi connectivity index (χ3v) is 8.08. The van der Waals surface area contributed by atoms with Crippen LogP contribution in [0.2, 0.25) is 0 Å². The number of carbonyl (C=O) groups is 2. The van der Waals surface area contributed by atoms with Crippen molar-refractivity contribution in [2.75, 3.05) is 18.0 Å². The van der Waals surface area contributed by atoms with Crippen LogP contribution in [0.15, 0.2) is 34.5 Å².